The fourth-order valence-electron chi connectivity index (χ4n) is 3.76. The van der Waals surface area contributed by atoms with E-state index in [0.717, 1.165) is 13.1 Å². The van der Waals surface area contributed by atoms with Crippen LogP contribution in [0.1, 0.15) is 17.0 Å². The van der Waals surface area contributed by atoms with Gasteiger partial charge in [-0.1, -0.05) is 42.5 Å². The number of anilines is 1. The maximum atomic E-state index is 12.5. The number of nitro groups is 1. The van der Waals surface area contributed by atoms with Gasteiger partial charge in [0.1, 0.15) is 5.69 Å². The number of rotatable bonds is 6. The van der Waals surface area contributed by atoms with Crippen LogP contribution in [0.2, 0.25) is 0 Å². The Morgan fingerprint density at radius 2 is 1.93 bits per heavy atom. The molecule has 0 bridgehead atoms. The summed E-state index contributed by atoms with van der Waals surface area (Å²) in [6.07, 6.45) is 0. The zero-order valence-corrected chi connectivity index (χ0v) is 16.5. The highest BCUT2D eigenvalue weighted by Crippen LogP contribution is 2.32. The van der Waals surface area contributed by atoms with Crippen LogP contribution < -0.4 is 11.1 Å². The first-order valence-electron chi connectivity index (χ1n) is 9.00. The molecule has 0 radical (unpaired) electrons. The van der Waals surface area contributed by atoms with Crippen LogP contribution >= 0.6 is 12.4 Å². The van der Waals surface area contributed by atoms with Gasteiger partial charge in [0.05, 0.1) is 11.5 Å². The molecule has 7 nitrogen and oxygen atoms in total. The second-order valence-electron chi connectivity index (χ2n) is 6.98. The minimum atomic E-state index is -0.478. The van der Waals surface area contributed by atoms with Crippen molar-refractivity contribution in [3.63, 3.8) is 0 Å². The van der Waals surface area contributed by atoms with E-state index in [-0.39, 0.29) is 48.1 Å². The van der Waals surface area contributed by atoms with Crippen molar-refractivity contribution in [1.82, 2.24) is 4.90 Å². The lowest BCUT2D eigenvalue weighted by Crippen LogP contribution is -2.32. The Morgan fingerprint density at radius 1 is 1.21 bits per heavy atom. The molecule has 0 unspecified atom stereocenters. The molecule has 1 amide bonds. The summed E-state index contributed by atoms with van der Waals surface area (Å²) in [5.41, 5.74) is 8.02. The summed E-state index contributed by atoms with van der Waals surface area (Å²) < 4.78 is 0. The number of likely N-dealkylation sites (tertiary alicyclic amines) is 1. The second kappa shape index (κ2) is 9.64. The lowest BCUT2D eigenvalue weighted by Gasteiger charge is -2.17. The molecule has 1 fully saturated rings. The van der Waals surface area contributed by atoms with Gasteiger partial charge in [-0.3, -0.25) is 19.8 Å². The molecule has 3 N–H and O–H groups in total. The molecule has 28 heavy (non-hydrogen) atoms. The quantitative estimate of drug-likeness (QED) is 0.569. The maximum Gasteiger partial charge on any atom is 0.293 e. The van der Waals surface area contributed by atoms with Crippen LogP contribution in [-0.2, 0) is 4.79 Å². The standard InChI is InChI=1S/C20H24N4O3.ClH/c1-14-6-5-9-18(24(26)27)20(14)22-19(25)13-23-11-16(10-21)17(12-23)15-7-3-2-4-8-15;/h2-9,16-17H,10-13,21H2,1H3,(H,22,25);1H/t16-,17+;/m1./s1. The third kappa shape index (κ3) is 4.86. The molecular weight excluding hydrogens is 380 g/mol. The van der Waals surface area contributed by atoms with E-state index in [2.05, 4.69) is 22.3 Å². The average Bonchev–Trinajstić information content (AvgIpc) is 3.06. The van der Waals surface area contributed by atoms with Crippen molar-refractivity contribution in [3.05, 3.63) is 69.8 Å². The van der Waals surface area contributed by atoms with E-state index in [1.807, 2.05) is 18.2 Å². The van der Waals surface area contributed by atoms with E-state index in [1.165, 1.54) is 11.6 Å². The zero-order valence-electron chi connectivity index (χ0n) is 15.7. The van der Waals surface area contributed by atoms with Crippen LogP contribution in [0, 0.1) is 23.0 Å². The molecule has 0 aliphatic carbocycles. The lowest BCUT2D eigenvalue weighted by molar-refractivity contribution is -0.384. The van der Waals surface area contributed by atoms with Crippen molar-refractivity contribution >= 4 is 29.7 Å². The fraction of sp³-hybridized carbons (Fsp3) is 0.350. The number of hydrogen-bond acceptors (Lipinski definition) is 5. The van der Waals surface area contributed by atoms with Crippen LogP contribution in [0.15, 0.2) is 48.5 Å². The minimum Gasteiger partial charge on any atom is -0.330 e. The van der Waals surface area contributed by atoms with Gasteiger partial charge in [0.15, 0.2) is 0 Å². The summed E-state index contributed by atoms with van der Waals surface area (Å²) in [5, 5.41) is 13.9. The molecule has 0 saturated carbocycles. The number of carbonyl (C=O) groups excluding carboxylic acids is 1. The van der Waals surface area contributed by atoms with Gasteiger partial charge in [0, 0.05) is 25.1 Å². The molecule has 0 aromatic heterocycles. The summed E-state index contributed by atoms with van der Waals surface area (Å²) in [4.78, 5) is 25.3. The van der Waals surface area contributed by atoms with Crippen molar-refractivity contribution in [2.24, 2.45) is 11.7 Å². The van der Waals surface area contributed by atoms with Crippen molar-refractivity contribution in [2.45, 2.75) is 12.8 Å². The van der Waals surface area contributed by atoms with Crippen LogP contribution in [0.3, 0.4) is 0 Å². The minimum absolute atomic E-state index is 0. The number of halogens is 1. The highest BCUT2D eigenvalue weighted by molar-refractivity contribution is 5.95. The Kier molecular flexibility index (Phi) is 7.51. The van der Waals surface area contributed by atoms with Gasteiger partial charge in [-0.25, -0.2) is 0 Å². The monoisotopic (exact) mass is 404 g/mol. The third-order valence-electron chi connectivity index (χ3n) is 5.13. The molecule has 150 valence electrons. The average molecular weight is 405 g/mol. The SMILES string of the molecule is Cc1cccc([N+](=O)[O-])c1NC(=O)CN1C[C@@H](CN)[C@H](c2ccccc2)C1.Cl. The van der Waals surface area contributed by atoms with Crippen LogP contribution in [0.5, 0.6) is 0 Å². The summed E-state index contributed by atoms with van der Waals surface area (Å²) in [6.45, 7) is 3.97. The molecule has 1 aliphatic rings. The lowest BCUT2D eigenvalue weighted by atomic mass is 9.89. The van der Waals surface area contributed by atoms with Crippen molar-refractivity contribution in [3.8, 4) is 0 Å². The summed E-state index contributed by atoms with van der Waals surface area (Å²) in [6, 6.07) is 14.9. The molecule has 2 atom stereocenters. The molecule has 1 heterocycles. The number of benzene rings is 2. The van der Waals surface area contributed by atoms with Gasteiger partial charge in [0.2, 0.25) is 5.91 Å². The van der Waals surface area contributed by atoms with Crippen molar-refractivity contribution < 1.29 is 9.72 Å². The van der Waals surface area contributed by atoms with Crippen molar-refractivity contribution in [1.29, 1.82) is 0 Å². The predicted octanol–water partition coefficient (Wildman–Crippen LogP) is 2.94. The topological polar surface area (TPSA) is 102 Å². The van der Waals surface area contributed by atoms with E-state index in [0.29, 0.717) is 12.1 Å². The number of carbonyl (C=O) groups is 1. The van der Waals surface area contributed by atoms with E-state index in [9.17, 15) is 14.9 Å². The zero-order chi connectivity index (χ0) is 19.4. The maximum absolute atomic E-state index is 12.5. The fourth-order valence-corrected chi connectivity index (χ4v) is 3.76. The third-order valence-corrected chi connectivity index (χ3v) is 5.13. The van der Waals surface area contributed by atoms with E-state index in [4.69, 9.17) is 5.73 Å². The predicted molar refractivity (Wildman–Crippen MR) is 112 cm³/mol. The van der Waals surface area contributed by atoms with Gasteiger partial charge < -0.3 is 11.1 Å². The van der Waals surface area contributed by atoms with Gasteiger partial charge in [-0.05, 0) is 30.5 Å². The Bertz CT molecular complexity index is 831. The molecule has 1 saturated heterocycles. The van der Waals surface area contributed by atoms with Crippen LogP contribution in [0.25, 0.3) is 0 Å². The smallest absolute Gasteiger partial charge is 0.293 e. The summed E-state index contributed by atoms with van der Waals surface area (Å²) in [5.74, 6) is 0.321. The number of aryl methyl sites for hydroxylation is 1. The number of para-hydroxylation sites is 1. The summed E-state index contributed by atoms with van der Waals surface area (Å²) in [7, 11) is 0. The van der Waals surface area contributed by atoms with Gasteiger partial charge in [-0.2, -0.15) is 0 Å². The number of nitrogens with zero attached hydrogens (tertiary/aromatic N) is 2. The molecule has 3 rings (SSSR count). The van der Waals surface area contributed by atoms with Gasteiger partial charge in [-0.15, -0.1) is 12.4 Å². The number of nitro benzene ring substituents is 1. The first-order chi connectivity index (χ1) is 13.0. The number of nitrogens with two attached hydrogens (primary N) is 1. The highest BCUT2D eigenvalue weighted by atomic mass is 35.5. The van der Waals surface area contributed by atoms with E-state index in [1.54, 1.807) is 19.1 Å². The molecule has 2 aromatic rings. The van der Waals surface area contributed by atoms with E-state index >= 15 is 0 Å². The second-order valence-corrected chi connectivity index (χ2v) is 6.98. The summed E-state index contributed by atoms with van der Waals surface area (Å²) >= 11 is 0. The molecular formula is C20H25ClN4O3. The van der Waals surface area contributed by atoms with E-state index < -0.39 is 4.92 Å². The Labute approximate surface area is 170 Å². The first kappa shape index (κ1) is 21.8. The molecule has 2 aromatic carbocycles. The largest absolute Gasteiger partial charge is 0.330 e. The highest BCUT2D eigenvalue weighted by Gasteiger charge is 2.33. The van der Waals surface area contributed by atoms with Crippen LogP contribution in [0.4, 0.5) is 11.4 Å². The van der Waals surface area contributed by atoms with Crippen LogP contribution in [-0.4, -0.2) is 41.9 Å². The number of amides is 1. The Morgan fingerprint density at radius 3 is 2.57 bits per heavy atom. The Balaban J connectivity index is 0.00000280. The normalized spacial score (nSPS) is 19.1. The molecule has 8 heteroatoms. The van der Waals surface area contributed by atoms with Gasteiger partial charge in [0.25, 0.3) is 5.69 Å². The van der Waals surface area contributed by atoms with Gasteiger partial charge >= 0.3 is 0 Å². The molecule has 0 spiro atoms. The number of hydrogen-bond donors (Lipinski definition) is 2. The molecule has 1 aliphatic heterocycles. The van der Waals surface area contributed by atoms with Crippen molar-refractivity contribution in [2.75, 3.05) is 31.5 Å². The number of nitrogens with one attached hydrogen (secondary N) is 1. The first-order valence-corrected chi connectivity index (χ1v) is 9.00. The Hall–Kier alpha value is -2.48.